The molecule has 0 bridgehead atoms. The molecule has 0 aliphatic carbocycles. The average Bonchev–Trinajstić information content (AvgIpc) is 2.87. The lowest BCUT2D eigenvalue weighted by atomic mass is 9.96. The predicted octanol–water partition coefficient (Wildman–Crippen LogP) is 3.00. The third-order valence-electron chi connectivity index (χ3n) is 2.78. The van der Waals surface area contributed by atoms with Gasteiger partial charge in [-0.1, -0.05) is 32.4 Å². The largest absolute Gasteiger partial charge is 0.465 e. The molecule has 1 aromatic carbocycles. The molecule has 1 aromatic heterocycles. The van der Waals surface area contributed by atoms with Gasteiger partial charge in [-0.05, 0) is 18.2 Å². The van der Waals surface area contributed by atoms with E-state index >= 15 is 0 Å². The molecule has 0 unspecified atom stereocenters. The van der Waals surface area contributed by atoms with Gasteiger partial charge in [0.2, 0.25) is 0 Å². The van der Waals surface area contributed by atoms with Crippen molar-refractivity contribution in [3.05, 3.63) is 40.9 Å². The summed E-state index contributed by atoms with van der Waals surface area (Å²) in [4.78, 5) is 15.7. The van der Waals surface area contributed by atoms with Crippen molar-refractivity contribution in [3.63, 3.8) is 0 Å². The maximum absolute atomic E-state index is 11.4. The normalized spacial score (nSPS) is 11.4. The molecule has 6 heteroatoms. The number of hydrogen-bond donors (Lipinski definition) is 0. The fourth-order valence-corrected chi connectivity index (χ4v) is 1.93. The van der Waals surface area contributed by atoms with E-state index < -0.39 is 5.97 Å². The highest BCUT2D eigenvalue weighted by Gasteiger charge is 2.19. The van der Waals surface area contributed by atoms with Crippen LogP contribution in [0.5, 0.6) is 0 Å². The first-order valence-corrected chi connectivity index (χ1v) is 6.51. The quantitative estimate of drug-likeness (QED) is 0.799. The number of rotatable bonds is 2. The summed E-state index contributed by atoms with van der Waals surface area (Å²) in [5.74, 6) is 0.304. The number of esters is 1. The molecule has 0 spiro atoms. The van der Waals surface area contributed by atoms with E-state index in [2.05, 4.69) is 14.8 Å². The Morgan fingerprint density at radius 3 is 2.55 bits per heavy atom. The minimum Gasteiger partial charge on any atom is -0.465 e. The molecule has 2 aromatic rings. The Balaban J connectivity index is 2.39. The predicted molar refractivity (Wildman–Crippen MR) is 76.4 cm³/mol. The van der Waals surface area contributed by atoms with Gasteiger partial charge in [0.15, 0.2) is 5.82 Å². The van der Waals surface area contributed by atoms with E-state index in [0.29, 0.717) is 16.3 Å². The highest BCUT2D eigenvalue weighted by atomic mass is 35.5. The highest BCUT2D eigenvalue weighted by molar-refractivity contribution is 6.32. The van der Waals surface area contributed by atoms with Crippen LogP contribution >= 0.6 is 11.6 Å². The molecule has 0 amide bonds. The van der Waals surface area contributed by atoms with Gasteiger partial charge in [0, 0.05) is 5.41 Å². The molecule has 20 heavy (non-hydrogen) atoms. The number of nitrogens with zero attached hydrogens (tertiary/aromatic N) is 3. The summed E-state index contributed by atoms with van der Waals surface area (Å²) in [6, 6.07) is 4.92. The Labute approximate surface area is 122 Å². The van der Waals surface area contributed by atoms with Crippen molar-refractivity contribution in [2.75, 3.05) is 7.11 Å². The van der Waals surface area contributed by atoms with Crippen LogP contribution in [0.1, 0.15) is 37.0 Å². The molecule has 5 nitrogen and oxygen atoms in total. The van der Waals surface area contributed by atoms with E-state index in [1.165, 1.54) is 7.11 Å². The van der Waals surface area contributed by atoms with Gasteiger partial charge in [-0.2, -0.15) is 5.10 Å². The van der Waals surface area contributed by atoms with Gasteiger partial charge in [0.1, 0.15) is 6.33 Å². The van der Waals surface area contributed by atoms with E-state index in [1.54, 1.807) is 29.2 Å². The summed E-state index contributed by atoms with van der Waals surface area (Å²) in [5, 5.41) is 4.83. The molecular formula is C14H16ClN3O2. The maximum Gasteiger partial charge on any atom is 0.337 e. The number of hydrogen-bond acceptors (Lipinski definition) is 4. The topological polar surface area (TPSA) is 57.0 Å². The highest BCUT2D eigenvalue weighted by Crippen LogP contribution is 2.23. The average molecular weight is 294 g/mol. The second-order valence-electron chi connectivity index (χ2n) is 5.42. The van der Waals surface area contributed by atoms with Crippen LogP contribution in [0, 0.1) is 0 Å². The van der Waals surface area contributed by atoms with Crippen LogP contribution in [0.25, 0.3) is 5.69 Å². The monoisotopic (exact) mass is 293 g/mol. The van der Waals surface area contributed by atoms with Crippen molar-refractivity contribution in [3.8, 4) is 5.69 Å². The van der Waals surface area contributed by atoms with Gasteiger partial charge in [-0.25, -0.2) is 14.5 Å². The first kappa shape index (κ1) is 14.5. The lowest BCUT2D eigenvalue weighted by molar-refractivity contribution is 0.0600. The number of aromatic nitrogens is 3. The molecule has 0 radical (unpaired) electrons. The van der Waals surface area contributed by atoms with Crippen LogP contribution in [0.2, 0.25) is 5.02 Å². The van der Waals surface area contributed by atoms with Gasteiger partial charge in [0.25, 0.3) is 0 Å². The minimum atomic E-state index is -0.424. The van der Waals surface area contributed by atoms with E-state index in [-0.39, 0.29) is 5.41 Å². The zero-order chi connectivity index (χ0) is 14.9. The molecule has 0 aliphatic heterocycles. The fraction of sp³-hybridized carbons (Fsp3) is 0.357. The van der Waals surface area contributed by atoms with Crippen molar-refractivity contribution in [1.29, 1.82) is 0 Å². The minimum absolute atomic E-state index is 0.135. The van der Waals surface area contributed by atoms with Crippen LogP contribution in [-0.2, 0) is 10.2 Å². The SMILES string of the molecule is COC(=O)c1ccc(-n2cnc(C(C)(C)C)n2)c(Cl)c1. The fourth-order valence-electron chi connectivity index (χ4n) is 1.66. The van der Waals surface area contributed by atoms with Crippen LogP contribution in [0.15, 0.2) is 24.5 Å². The first-order valence-electron chi connectivity index (χ1n) is 6.13. The number of halogens is 1. The van der Waals surface area contributed by atoms with Gasteiger partial charge in [-0.3, -0.25) is 0 Å². The second-order valence-corrected chi connectivity index (χ2v) is 5.83. The van der Waals surface area contributed by atoms with Gasteiger partial charge < -0.3 is 4.74 Å². The Morgan fingerprint density at radius 2 is 2.05 bits per heavy atom. The summed E-state index contributed by atoms with van der Waals surface area (Å²) >= 11 is 6.19. The van der Waals surface area contributed by atoms with Gasteiger partial charge in [0.05, 0.1) is 23.4 Å². The molecule has 0 N–H and O–H groups in total. The molecule has 0 atom stereocenters. The third-order valence-corrected chi connectivity index (χ3v) is 3.08. The second kappa shape index (κ2) is 5.25. The number of methoxy groups -OCH3 is 1. The molecule has 0 saturated heterocycles. The zero-order valence-corrected chi connectivity index (χ0v) is 12.6. The smallest absolute Gasteiger partial charge is 0.337 e. The lowest BCUT2D eigenvalue weighted by Crippen LogP contribution is -2.14. The van der Waals surface area contributed by atoms with Crippen molar-refractivity contribution in [1.82, 2.24) is 14.8 Å². The van der Waals surface area contributed by atoms with E-state index in [9.17, 15) is 4.79 Å². The van der Waals surface area contributed by atoms with E-state index in [1.807, 2.05) is 20.8 Å². The standard InChI is InChI=1S/C14H16ClN3O2/c1-14(2,3)13-16-8-18(17-13)11-6-5-9(7-10(11)15)12(19)20-4/h5-8H,1-4H3. The lowest BCUT2D eigenvalue weighted by Gasteiger charge is -2.12. The van der Waals surface area contributed by atoms with Crippen molar-refractivity contribution >= 4 is 17.6 Å². The number of benzene rings is 1. The van der Waals surface area contributed by atoms with Crippen LogP contribution in [-0.4, -0.2) is 27.8 Å². The maximum atomic E-state index is 11.4. The summed E-state index contributed by atoms with van der Waals surface area (Å²) in [5.41, 5.74) is 0.934. The van der Waals surface area contributed by atoms with Crippen molar-refractivity contribution < 1.29 is 9.53 Å². The van der Waals surface area contributed by atoms with Crippen LogP contribution in [0.4, 0.5) is 0 Å². The molecule has 2 rings (SSSR count). The summed E-state index contributed by atoms with van der Waals surface area (Å²) in [6.45, 7) is 6.11. The molecule has 0 saturated carbocycles. The Hall–Kier alpha value is -1.88. The Morgan fingerprint density at radius 1 is 1.35 bits per heavy atom. The molecule has 0 fully saturated rings. The molecule has 0 aliphatic rings. The molecule has 106 valence electrons. The van der Waals surface area contributed by atoms with Crippen molar-refractivity contribution in [2.24, 2.45) is 0 Å². The molecular weight excluding hydrogens is 278 g/mol. The van der Waals surface area contributed by atoms with Crippen LogP contribution in [0.3, 0.4) is 0 Å². The summed E-state index contributed by atoms with van der Waals surface area (Å²) in [6.07, 6.45) is 1.61. The summed E-state index contributed by atoms with van der Waals surface area (Å²) < 4.78 is 6.25. The first-order chi connectivity index (χ1) is 9.32. The Kier molecular flexibility index (Phi) is 3.81. The van der Waals surface area contributed by atoms with E-state index in [0.717, 1.165) is 5.82 Å². The van der Waals surface area contributed by atoms with E-state index in [4.69, 9.17) is 11.6 Å². The van der Waals surface area contributed by atoms with Crippen molar-refractivity contribution in [2.45, 2.75) is 26.2 Å². The molecule has 1 heterocycles. The summed E-state index contributed by atoms with van der Waals surface area (Å²) in [7, 11) is 1.33. The number of ether oxygens (including phenoxy) is 1. The third kappa shape index (κ3) is 2.82. The van der Waals surface area contributed by atoms with Gasteiger partial charge >= 0.3 is 5.97 Å². The number of carbonyl (C=O) groups excluding carboxylic acids is 1. The number of carbonyl (C=O) groups is 1. The van der Waals surface area contributed by atoms with Crippen LogP contribution < -0.4 is 0 Å². The Bertz CT molecular complexity index is 644. The van der Waals surface area contributed by atoms with Gasteiger partial charge in [-0.15, -0.1) is 0 Å². The zero-order valence-electron chi connectivity index (χ0n) is 11.8.